The monoisotopic (exact) mass is 405 g/mol. The third kappa shape index (κ3) is 3.32. The van der Waals surface area contributed by atoms with Gasteiger partial charge in [-0.25, -0.2) is 0 Å². The van der Waals surface area contributed by atoms with Crippen molar-refractivity contribution in [1.82, 2.24) is 0 Å². The molecule has 1 aliphatic heterocycles. The number of aryl methyl sites for hydroxylation is 1. The fourth-order valence-corrected chi connectivity index (χ4v) is 4.11. The molecule has 3 heteroatoms. The Morgan fingerprint density at radius 1 is 0.923 bits per heavy atom. The Hall–Kier alpha value is -2.39. The Kier molecular flexibility index (Phi) is 4.64. The van der Waals surface area contributed by atoms with Gasteiger partial charge in [0.2, 0.25) is 5.91 Å². The van der Waals surface area contributed by atoms with Crippen molar-refractivity contribution in [3.05, 3.63) is 99.5 Å². The van der Waals surface area contributed by atoms with Crippen molar-refractivity contribution >= 4 is 27.5 Å². The van der Waals surface area contributed by atoms with Gasteiger partial charge in [-0.3, -0.25) is 4.79 Å². The van der Waals surface area contributed by atoms with Gasteiger partial charge in [0.25, 0.3) is 0 Å². The SMILES string of the molecule is Cc1ccc2c(c1)C(Cc1cccc(Br)c1)C(=O)N2Cc1ccccc1. The Bertz CT molecular complexity index is 951. The van der Waals surface area contributed by atoms with Crippen LogP contribution in [0, 0.1) is 6.92 Å². The molecule has 0 aliphatic carbocycles. The van der Waals surface area contributed by atoms with E-state index in [1.54, 1.807) is 0 Å². The lowest BCUT2D eigenvalue weighted by Crippen LogP contribution is -2.28. The molecule has 0 radical (unpaired) electrons. The molecule has 0 fully saturated rings. The molecule has 26 heavy (non-hydrogen) atoms. The fraction of sp³-hybridized carbons (Fsp3) is 0.174. The highest BCUT2D eigenvalue weighted by Crippen LogP contribution is 2.40. The number of halogens is 1. The highest BCUT2D eigenvalue weighted by atomic mass is 79.9. The number of hydrogen-bond donors (Lipinski definition) is 0. The molecule has 1 amide bonds. The molecule has 130 valence electrons. The zero-order chi connectivity index (χ0) is 18.1. The van der Waals surface area contributed by atoms with Gasteiger partial charge in [0, 0.05) is 10.2 Å². The van der Waals surface area contributed by atoms with Crippen LogP contribution in [0.1, 0.15) is 28.2 Å². The molecule has 0 saturated carbocycles. The van der Waals surface area contributed by atoms with Crippen LogP contribution in [0.4, 0.5) is 5.69 Å². The summed E-state index contributed by atoms with van der Waals surface area (Å²) in [5.74, 6) is 0.0670. The van der Waals surface area contributed by atoms with Crippen LogP contribution in [0.2, 0.25) is 0 Å². The van der Waals surface area contributed by atoms with Crippen molar-refractivity contribution in [2.24, 2.45) is 0 Å². The highest BCUT2D eigenvalue weighted by molar-refractivity contribution is 9.10. The van der Waals surface area contributed by atoms with E-state index in [1.807, 2.05) is 35.2 Å². The second-order valence-electron chi connectivity index (χ2n) is 6.86. The van der Waals surface area contributed by atoms with E-state index in [2.05, 4.69) is 65.3 Å². The zero-order valence-electron chi connectivity index (χ0n) is 14.7. The molecule has 0 spiro atoms. The molecule has 1 aliphatic rings. The van der Waals surface area contributed by atoms with Crippen LogP contribution in [-0.2, 0) is 17.8 Å². The van der Waals surface area contributed by atoms with Gasteiger partial charge in [-0.1, -0.05) is 76.1 Å². The minimum atomic E-state index is -0.122. The number of fused-ring (bicyclic) bond motifs is 1. The molecule has 4 rings (SSSR count). The second-order valence-corrected chi connectivity index (χ2v) is 7.77. The first-order valence-corrected chi connectivity index (χ1v) is 9.61. The summed E-state index contributed by atoms with van der Waals surface area (Å²) in [6.07, 6.45) is 0.722. The van der Waals surface area contributed by atoms with Crippen molar-refractivity contribution in [1.29, 1.82) is 0 Å². The molecule has 3 aromatic carbocycles. The van der Waals surface area contributed by atoms with Crippen LogP contribution in [0.5, 0.6) is 0 Å². The lowest BCUT2D eigenvalue weighted by molar-refractivity contribution is -0.119. The summed E-state index contributed by atoms with van der Waals surface area (Å²) in [5.41, 5.74) is 5.70. The third-order valence-electron chi connectivity index (χ3n) is 4.93. The Labute approximate surface area is 162 Å². The maximum Gasteiger partial charge on any atom is 0.235 e. The summed E-state index contributed by atoms with van der Waals surface area (Å²) >= 11 is 3.53. The van der Waals surface area contributed by atoms with E-state index >= 15 is 0 Å². The van der Waals surface area contributed by atoms with E-state index < -0.39 is 0 Å². The highest BCUT2D eigenvalue weighted by Gasteiger charge is 2.37. The standard InChI is InChI=1S/C23H20BrNO/c1-16-10-11-22-20(12-16)21(14-18-8-5-9-19(24)13-18)23(26)25(22)15-17-6-3-2-4-7-17/h2-13,21H,14-15H2,1H3. The molecular weight excluding hydrogens is 386 g/mol. The summed E-state index contributed by atoms with van der Waals surface area (Å²) < 4.78 is 1.05. The minimum absolute atomic E-state index is 0.122. The quantitative estimate of drug-likeness (QED) is 0.550. The van der Waals surface area contributed by atoms with Crippen LogP contribution >= 0.6 is 15.9 Å². The summed E-state index contributed by atoms with van der Waals surface area (Å²) in [4.78, 5) is 15.2. The average molecular weight is 406 g/mol. The topological polar surface area (TPSA) is 20.3 Å². The molecule has 2 nitrogen and oxygen atoms in total. The van der Waals surface area contributed by atoms with Crippen molar-refractivity contribution in [2.45, 2.75) is 25.8 Å². The number of carbonyl (C=O) groups is 1. The Morgan fingerprint density at radius 2 is 1.69 bits per heavy atom. The fourth-order valence-electron chi connectivity index (χ4n) is 3.66. The zero-order valence-corrected chi connectivity index (χ0v) is 16.2. The van der Waals surface area contributed by atoms with Gasteiger partial charge < -0.3 is 4.90 Å². The van der Waals surface area contributed by atoms with Gasteiger partial charge in [-0.05, 0) is 48.2 Å². The summed E-state index contributed by atoms with van der Waals surface area (Å²) in [7, 11) is 0. The van der Waals surface area contributed by atoms with Crippen LogP contribution in [0.15, 0.2) is 77.3 Å². The molecule has 1 unspecified atom stereocenters. The largest absolute Gasteiger partial charge is 0.307 e. The number of carbonyl (C=O) groups excluding carboxylic acids is 1. The molecular formula is C23H20BrNO. The van der Waals surface area contributed by atoms with Crippen LogP contribution in [0.3, 0.4) is 0 Å². The summed E-state index contributed by atoms with van der Waals surface area (Å²) in [5, 5.41) is 0. The predicted molar refractivity (Wildman–Crippen MR) is 109 cm³/mol. The number of benzene rings is 3. The number of hydrogen-bond acceptors (Lipinski definition) is 1. The van der Waals surface area contributed by atoms with E-state index in [4.69, 9.17) is 0 Å². The van der Waals surface area contributed by atoms with E-state index in [1.165, 1.54) is 11.1 Å². The van der Waals surface area contributed by atoms with Crippen molar-refractivity contribution in [3.8, 4) is 0 Å². The van der Waals surface area contributed by atoms with Gasteiger partial charge in [-0.2, -0.15) is 0 Å². The van der Waals surface area contributed by atoms with Crippen LogP contribution in [-0.4, -0.2) is 5.91 Å². The lowest BCUT2D eigenvalue weighted by atomic mass is 9.92. The summed E-state index contributed by atoms with van der Waals surface area (Å²) in [6.45, 7) is 2.70. The van der Waals surface area contributed by atoms with Gasteiger partial charge >= 0.3 is 0 Å². The van der Waals surface area contributed by atoms with E-state index in [0.29, 0.717) is 6.54 Å². The van der Waals surface area contributed by atoms with Crippen molar-refractivity contribution < 1.29 is 4.79 Å². The predicted octanol–water partition coefficient (Wildman–Crippen LogP) is 5.63. The first kappa shape index (κ1) is 17.0. The maximum absolute atomic E-state index is 13.3. The summed E-state index contributed by atoms with van der Waals surface area (Å²) in [6, 6.07) is 24.8. The minimum Gasteiger partial charge on any atom is -0.307 e. The maximum atomic E-state index is 13.3. The Morgan fingerprint density at radius 3 is 2.46 bits per heavy atom. The second kappa shape index (κ2) is 7.08. The van der Waals surface area contributed by atoms with Crippen LogP contribution in [0.25, 0.3) is 0 Å². The van der Waals surface area contributed by atoms with Gasteiger partial charge in [0.05, 0.1) is 12.5 Å². The Balaban J connectivity index is 1.69. The van der Waals surface area contributed by atoms with E-state index in [9.17, 15) is 4.79 Å². The number of anilines is 1. The van der Waals surface area contributed by atoms with E-state index in [0.717, 1.165) is 27.7 Å². The first-order chi connectivity index (χ1) is 12.6. The average Bonchev–Trinajstić information content (AvgIpc) is 2.88. The van der Waals surface area contributed by atoms with Gasteiger partial charge in [0.15, 0.2) is 0 Å². The molecule has 3 aromatic rings. The first-order valence-electron chi connectivity index (χ1n) is 8.82. The molecule has 1 heterocycles. The molecule has 0 bridgehead atoms. The number of nitrogens with zero attached hydrogens (tertiary/aromatic N) is 1. The lowest BCUT2D eigenvalue weighted by Gasteiger charge is -2.18. The third-order valence-corrected chi connectivity index (χ3v) is 5.42. The van der Waals surface area contributed by atoms with Crippen molar-refractivity contribution in [2.75, 3.05) is 4.90 Å². The molecule has 0 aromatic heterocycles. The van der Waals surface area contributed by atoms with Crippen molar-refractivity contribution in [3.63, 3.8) is 0 Å². The molecule has 0 saturated heterocycles. The smallest absolute Gasteiger partial charge is 0.235 e. The van der Waals surface area contributed by atoms with Gasteiger partial charge in [0.1, 0.15) is 0 Å². The number of amides is 1. The normalized spacial score (nSPS) is 16.0. The molecule has 0 N–H and O–H groups in total. The number of rotatable bonds is 4. The van der Waals surface area contributed by atoms with Crippen LogP contribution < -0.4 is 4.90 Å². The van der Waals surface area contributed by atoms with Gasteiger partial charge in [-0.15, -0.1) is 0 Å². The molecule has 1 atom stereocenters. The van der Waals surface area contributed by atoms with E-state index in [-0.39, 0.29) is 11.8 Å².